The van der Waals surface area contributed by atoms with Crippen LogP contribution < -0.4 is 9.47 Å². The van der Waals surface area contributed by atoms with Crippen LogP contribution in [0.4, 0.5) is 0 Å². The zero-order valence-corrected chi connectivity index (χ0v) is 12.5. The first kappa shape index (κ1) is 15.3. The largest absolute Gasteiger partial charge is 0.493 e. The van der Waals surface area contributed by atoms with Crippen LogP contribution in [0.5, 0.6) is 11.5 Å². The van der Waals surface area contributed by atoms with Crippen molar-refractivity contribution in [2.75, 3.05) is 14.2 Å². The molecule has 0 spiro atoms. The lowest BCUT2D eigenvalue weighted by molar-refractivity contribution is 0.180. The van der Waals surface area contributed by atoms with E-state index in [1.54, 1.807) is 21.1 Å². The molecule has 1 N–H and O–H groups in total. The van der Waals surface area contributed by atoms with Crippen LogP contribution in [-0.2, 0) is 12.8 Å². The second kappa shape index (κ2) is 7.08. The molecule has 0 aliphatic heterocycles. The molecule has 6 nitrogen and oxygen atoms in total. The maximum atomic E-state index is 9.25. The van der Waals surface area contributed by atoms with E-state index >= 15 is 0 Å². The smallest absolute Gasteiger partial charge is 0.226 e. The SMILES string of the molecule is COc1ccc(Cc2noc(CCC(C)O)n2)cc1OC. The summed E-state index contributed by atoms with van der Waals surface area (Å²) in [7, 11) is 3.20. The van der Waals surface area contributed by atoms with Crippen molar-refractivity contribution < 1.29 is 19.1 Å². The first-order valence-corrected chi connectivity index (χ1v) is 6.82. The number of hydrogen-bond acceptors (Lipinski definition) is 6. The second-order valence-corrected chi connectivity index (χ2v) is 4.86. The third-order valence-corrected chi connectivity index (χ3v) is 3.10. The maximum absolute atomic E-state index is 9.25. The summed E-state index contributed by atoms with van der Waals surface area (Å²) in [5.74, 6) is 2.52. The van der Waals surface area contributed by atoms with Gasteiger partial charge in [-0.1, -0.05) is 11.2 Å². The highest BCUT2D eigenvalue weighted by atomic mass is 16.5. The Bertz CT molecular complexity index is 581. The van der Waals surface area contributed by atoms with Gasteiger partial charge in [0.15, 0.2) is 17.3 Å². The molecule has 1 unspecified atom stereocenters. The summed E-state index contributed by atoms with van der Waals surface area (Å²) in [6.45, 7) is 1.74. The van der Waals surface area contributed by atoms with E-state index in [2.05, 4.69) is 10.1 Å². The maximum Gasteiger partial charge on any atom is 0.226 e. The van der Waals surface area contributed by atoms with Gasteiger partial charge >= 0.3 is 0 Å². The predicted octanol–water partition coefficient (Wildman–Crippen LogP) is 1.99. The van der Waals surface area contributed by atoms with Crippen LogP contribution in [0.25, 0.3) is 0 Å². The van der Waals surface area contributed by atoms with Crippen LogP contribution in [0.1, 0.15) is 30.6 Å². The zero-order valence-electron chi connectivity index (χ0n) is 12.5. The number of methoxy groups -OCH3 is 2. The van der Waals surface area contributed by atoms with Crippen LogP contribution >= 0.6 is 0 Å². The first-order chi connectivity index (χ1) is 10.1. The van der Waals surface area contributed by atoms with Gasteiger partial charge in [0.1, 0.15) is 0 Å². The number of nitrogens with zero attached hydrogens (tertiary/aromatic N) is 2. The van der Waals surface area contributed by atoms with Crippen molar-refractivity contribution in [1.29, 1.82) is 0 Å². The lowest BCUT2D eigenvalue weighted by atomic mass is 10.1. The second-order valence-electron chi connectivity index (χ2n) is 4.86. The Hall–Kier alpha value is -2.08. The third-order valence-electron chi connectivity index (χ3n) is 3.10. The number of aryl methyl sites for hydroxylation is 1. The molecule has 0 fully saturated rings. The number of aromatic nitrogens is 2. The van der Waals surface area contributed by atoms with E-state index in [4.69, 9.17) is 14.0 Å². The van der Waals surface area contributed by atoms with E-state index in [0.717, 1.165) is 5.56 Å². The molecule has 2 aromatic rings. The van der Waals surface area contributed by atoms with Crippen LogP contribution in [-0.4, -0.2) is 35.6 Å². The van der Waals surface area contributed by atoms with Gasteiger partial charge in [-0.25, -0.2) is 0 Å². The molecule has 0 radical (unpaired) electrons. The average molecular weight is 292 g/mol. The Morgan fingerprint density at radius 2 is 2.00 bits per heavy atom. The number of aliphatic hydroxyl groups excluding tert-OH is 1. The van der Waals surface area contributed by atoms with Crippen LogP contribution in [0, 0.1) is 0 Å². The number of ether oxygens (including phenoxy) is 2. The van der Waals surface area contributed by atoms with Gasteiger partial charge in [0.25, 0.3) is 0 Å². The summed E-state index contributed by atoms with van der Waals surface area (Å²) in [5.41, 5.74) is 1.01. The van der Waals surface area contributed by atoms with Crippen molar-refractivity contribution in [3.63, 3.8) is 0 Å². The molecule has 1 aromatic carbocycles. The zero-order chi connectivity index (χ0) is 15.2. The van der Waals surface area contributed by atoms with Gasteiger partial charge in [-0.3, -0.25) is 0 Å². The molecule has 1 heterocycles. The van der Waals surface area contributed by atoms with Gasteiger partial charge in [-0.15, -0.1) is 0 Å². The normalized spacial score (nSPS) is 12.2. The van der Waals surface area contributed by atoms with E-state index in [-0.39, 0.29) is 6.10 Å². The molecule has 0 aliphatic carbocycles. The summed E-state index contributed by atoms with van der Waals surface area (Å²) < 4.78 is 15.6. The minimum Gasteiger partial charge on any atom is -0.493 e. The molecule has 0 saturated heterocycles. The quantitative estimate of drug-likeness (QED) is 0.841. The minimum atomic E-state index is -0.369. The molecule has 114 valence electrons. The first-order valence-electron chi connectivity index (χ1n) is 6.82. The van der Waals surface area contributed by atoms with E-state index in [0.29, 0.717) is 42.5 Å². The Balaban J connectivity index is 2.04. The Labute approximate surface area is 123 Å². The average Bonchev–Trinajstić information content (AvgIpc) is 2.92. The summed E-state index contributed by atoms with van der Waals surface area (Å²) in [6.07, 6.45) is 1.37. The molecule has 0 aliphatic rings. The molecule has 0 amide bonds. The van der Waals surface area contributed by atoms with Crippen molar-refractivity contribution in [2.24, 2.45) is 0 Å². The number of aliphatic hydroxyl groups is 1. The minimum absolute atomic E-state index is 0.369. The summed E-state index contributed by atoms with van der Waals surface area (Å²) >= 11 is 0. The van der Waals surface area contributed by atoms with Crippen molar-refractivity contribution in [3.05, 3.63) is 35.5 Å². The Kier molecular flexibility index (Phi) is 5.16. The fourth-order valence-electron chi connectivity index (χ4n) is 1.97. The highest BCUT2D eigenvalue weighted by molar-refractivity contribution is 5.43. The highest BCUT2D eigenvalue weighted by Crippen LogP contribution is 2.28. The molecule has 1 aromatic heterocycles. The highest BCUT2D eigenvalue weighted by Gasteiger charge is 2.10. The Morgan fingerprint density at radius 1 is 1.24 bits per heavy atom. The van der Waals surface area contributed by atoms with Crippen molar-refractivity contribution in [3.8, 4) is 11.5 Å². The van der Waals surface area contributed by atoms with Crippen LogP contribution in [0.15, 0.2) is 22.7 Å². The standard InChI is InChI=1S/C15H20N2O4/c1-10(18)4-7-15-16-14(17-21-15)9-11-5-6-12(19-2)13(8-11)20-3/h5-6,8,10,18H,4,7,9H2,1-3H3. The fourth-order valence-corrected chi connectivity index (χ4v) is 1.97. The summed E-state index contributed by atoms with van der Waals surface area (Å²) in [4.78, 5) is 4.31. The van der Waals surface area contributed by atoms with E-state index in [1.807, 2.05) is 18.2 Å². The molecule has 0 saturated carbocycles. The van der Waals surface area contributed by atoms with Crippen molar-refractivity contribution in [2.45, 2.75) is 32.3 Å². The lowest BCUT2D eigenvalue weighted by Gasteiger charge is -2.08. The molecular formula is C15H20N2O4. The van der Waals surface area contributed by atoms with Gasteiger partial charge in [-0.2, -0.15) is 4.98 Å². The number of hydrogen-bond donors (Lipinski definition) is 1. The summed E-state index contributed by atoms with van der Waals surface area (Å²) in [5, 5.41) is 13.2. The van der Waals surface area contributed by atoms with E-state index in [9.17, 15) is 5.11 Å². The molecule has 21 heavy (non-hydrogen) atoms. The fraction of sp³-hybridized carbons (Fsp3) is 0.467. The van der Waals surface area contributed by atoms with E-state index < -0.39 is 0 Å². The lowest BCUT2D eigenvalue weighted by Crippen LogP contribution is -2.01. The van der Waals surface area contributed by atoms with Crippen molar-refractivity contribution in [1.82, 2.24) is 10.1 Å². The molecule has 2 rings (SSSR count). The van der Waals surface area contributed by atoms with Crippen LogP contribution in [0.2, 0.25) is 0 Å². The Morgan fingerprint density at radius 3 is 2.67 bits per heavy atom. The molecule has 1 atom stereocenters. The number of rotatable bonds is 7. The van der Waals surface area contributed by atoms with Gasteiger partial charge in [0.05, 0.1) is 20.3 Å². The third kappa shape index (κ3) is 4.19. The number of benzene rings is 1. The predicted molar refractivity (Wildman–Crippen MR) is 76.7 cm³/mol. The monoisotopic (exact) mass is 292 g/mol. The molecular weight excluding hydrogens is 272 g/mol. The van der Waals surface area contributed by atoms with Gasteiger partial charge in [0, 0.05) is 12.8 Å². The summed E-state index contributed by atoms with van der Waals surface area (Å²) in [6, 6.07) is 5.68. The topological polar surface area (TPSA) is 77.6 Å². The molecule has 6 heteroatoms. The van der Waals surface area contributed by atoms with E-state index in [1.165, 1.54) is 0 Å². The van der Waals surface area contributed by atoms with Crippen molar-refractivity contribution >= 4 is 0 Å². The van der Waals surface area contributed by atoms with Gasteiger partial charge in [0.2, 0.25) is 5.89 Å². The van der Waals surface area contributed by atoms with Gasteiger partial charge in [-0.05, 0) is 31.0 Å². The van der Waals surface area contributed by atoms with Crippen LogP contribution in [0.3, 0.4) is 0 Å². The molecule has 0 bridgehead atoms. The van der Waals surface area contributed by atoms with Gasteiger partial charge < -0.3 is 19.1 Å².